The molecule has 2 heterocycles. The molecule has 0 bridgehead atoms. The zero-order valence-electron chi connectivity index (χ0n) is 15.7. The number of nitrogens with zero attached hydrogens (tertiary/aromatic N) is 5. The van der Waals surface area contributed by atoms with E-state index in [9.17, 15) is 0 Å². The molecule has 0 amide bonds. The molecule has 2 aromatic heterocycles. The van der Waals surface area contributed by atoms with Gasteiger partial charge in [-0.05, 0) is 36.1 Å². The fourth-order valence-electron chi connectivity index (χ4n) is 3.62. The van der Waals surface area contributed by atoms with E-state index in [0.717, 1.165) is 24.3 Å². The van der Waals surface area contributed by atoms with Gasteiger partial charge in [0.15, 0.2) is 5.82 Å². The summed E-state index contributed by atoms with van der Waals surface area (Å²) in [4.78, 5) is 13.0. The number of hydrogen-bond donors (Lipinski definition) is 3. The van der Waals surface area contributed by atoms with Gasteiger partial charge in [-0.15, -0.1) is 5.10 Å². The van der Waals surface area contributed by atoms with Crippen LogP contribution in [0.2, 0.25) is 0 Å². The lowest BCUT2D eigenvalue weighted by Gasteiger charge is -2.15. The average Bonchev–Trinajstić information content (AvgIpc) is 3.32. The molecular formula is C21H20N8. The first-order valence-corrected chi connectivity index (χ1v) is 9.47. The molecule has 0 spiro atoms. The molecule has 1 atom stereocenters. The summed E-state index contributed by atoms with van der Waals surface area (Å²) in [6, 6.07) is 20.3. The topological polar surface area (TPSA) is 107 Å². The SMILES string of the molecule is Nc1nc(Nc2ccccc2)nn1-c1cc(NC2CCc3ccccc32)ncn1. The number of benzene rings is 2. The summed E-state index contributed by atoms with van der Waals surface area (Å²) in [5, 5.41) is 11.1. The summed E-state index contributed by atoms with van der Waals surface area (Å²) < 4.78 is 1.50. The quantitative estimate of drug-likeness (QED) is 0.483. The van der Waals surface area contributed by atoms with Gasteiger partial charge >= 0.3 is 0 Å². The van der Waals surface area contributed by atoms with E-state index in [1.807, 2.05) is 36.4 Å². The zero-order valence-corrected chi connectivity index (χ0v) is 15.7. The van der Waals surface area contributed by atoms with E-state index >= 15 is 0 Å². The molecule has 8 heteroatoms. The monoisotopic (exact) mass is 384 g/mol. The maximum absolute atomic E-state index is 6.07. The standard InChI is InChI=1S/C21H20N8/c22-20-27-21(25-15-7-2-1-3-8-15)28-29(20)19-12-18(23-13-24-19)26-17-11-10-14-6-4-5-9-16(14)17/h1-9,12-13,17H,10-11H2,(H,23,24,26)(H3,22,25,27,28). The number of hydrogen-bond acceptors (Lipinski definition) is 7. The third-order valence-electron chi connectivity index (χ3n) is 4.99. The third-order valence-corrected chi connectivity index (χ3v) is 4.99. The number of rotatable bonds is 5. The van der Waals surface area contributed by atoms with E-state index in [4.69, 9.17) is 5.73 Å². The molecule has 0 aliphatic heterocycles. The highest BCUT2D eigenvalue weighted by molar-refractivity contribution is 5.54. The summed E-state index contributed by atoms with van der Waals surface area (Å²) in [6.45, 7) is 0. The minimum absolute atomic E-state index is 0.234. The van der Waals surface area contributed by atoms with Crippen LogP contribution in [0.3, 0.4) is 0 Å². The van der Waals surface area contributed by atoms with Gasteiger partial charge in [0.05, 0.1) is 6.04 Å². The van der Waals surface area contributed by atoms with Crippen LogP contribution in [0.25, 0.3) is 5.82 Å². The highest BCUT2D eigenvalue weighted by atomic mass is 15.4. The van der Waals surface area contributed by atoms with Crippen LogP contribution < -0.4 is 16.4 Å². The molecule has 1 unspecified atom stereocenters. The van der Waals surface area contributed by atoms with Crippen molar-refractivity contribution in [3.8, 4) is 5.82 Å². The number of aryl methyl sites for hydroxylation is 1. The number of para-hydroxylation sites is 1. The van der Waals surface area contributed by atoms with Crippen LogP contribution in [0.1, 0.15) is 23.6 Å². The fourth-order valence-corrected chi connectivity index (χ4v) is 3.62. The molecule has 0 radical (unpaired) electrons. The molecule has 0 saturated heterocycles. The Morgan fingerprint density at radius 1 is 1.00 bits per heavy atom. The Morgan fingerprint density at radius 3 is 2.72 bits per heavy atom. The highest BCUT2D eigenvalue weighted by Crippen LogP contribution is 2.33. The summed E-state index contributed by atoms with van der Waals surface area (Å²) in [6.07, 6.45) is 3.61. The Kier molecular flexibility index (Phi) is 4.28. The van der Waals surface area contributed by atoms with Gasteiger partial charge in [-0.3, -0.25) is 0 Å². The van der Waals surface area contributed by atoms with E-state index in [0.29, 0.717) is 11.8 Å². The van der Waals surface area contributed by atoms with E-state index in [2.05, 4.69) is 54.9 Å². The van der Waals surface area contributed by atoms with Crippen molar-refractivity contribution in [1.82, 2.24) is 24.7 Å². The van der Waals surface area contributed by atoms with Crippen molar-refractivity contribution in [3.63, 3.8) is 0 Å². The maximum Gasteiger partial charge on any atom is 0.248 e. The Hall–Kier alpha value is -3.94. The van der Waals surface area contributed by atoms with Crippen molar-refractivity contribution in [3.05, 3.63) is 78.1 Å². The molecule has 0 saturated carbocycles. The number of anilines is 4. The second-order valence-corrected chi connectivity index (χ2v) is 6.89. The van der Waals surface area contributed by atoms with E-state index in [1.165, 1.54) is 22.1 Å². The minimum Gasteiger partial charge on any atom is -0.368 e. The summed E-state index contributed by atoms with van der Waals surface area (Å²) >= 11 is 0. The predicted molar refractivity (Wildman–Crippen MR) is 112 cm³/mol. The first kappa shape index (κ1) is 17.2. The van der Waals surface area contributed by atoms with Crippen LogP contribution in [0.5, 0.6) is 0 Å². The Labute approximate surface area is 167 Å². The summed E-state index contributed by atoms with van der Waals surface area (Å²) in [5.41, 5.74) is 9.66. The number of aromatic nitrogens is 5. The van der Waals surface area contributed by atoms with Gasteiger partial charge in [-0.25, -0.2) is 9.97 Å². The third kappa shape index (κ3) is 3.47. The summed E-state index contributed by atoms with van der Waals surface area (Å²) in [7, 11) is 0. The van der Waals surface area contributed by atoms with Crippen LogP contribution >= 0.6 is 0 Å². The molecule has 29 heavy (non-hydrogen) atoms. The van der Waals surface area contributed by atoms with Crippen LogP contribution in [0.4, 0.5) is 23.4 Å². The number of nitrogens with one attached hydrogen (secondary N) is 2. The molecule has 1 aliphatic rings. The lowest BCUT2D eigenvalue weighted by Crippen LogP contribution is -2.10. The van der Waals surface area contributed by atoms with Gasteiger partial charge < -0.3 is 16.4 Å². The number of nitrogens with two attached hydrogens (primary N) is 1. The number of fused-ring (bicyclic) bond motifs is 1. The van der Waals surface area contributed by atoms with Crippen LogP contribution in [0, 0.1) is 0 Å². The van der Waals surface area contributed by atoms with Crippen molar-refractivity contribution in [2.45, 2.75) is 18.9 Å². The lowest BCUT2D eigenvalue weighted by atomic mass is 10.1. The zero-order chi connectivity index (χ0) is 19.6. The molecule has 144 valence electrons. The highest BCUT2D eigenvalue weighted by Gasteiger charge is 2.22. The average molecular weight is 384 g/mol. The van der Waals surface area contributed by atoms with Crippen molar-refractivity contribution < 1.29 is 0 Å². The number of nitrogen functional groups attached to an aromatic ring is 1. The van der Waals surface area contributed by atoms with Crippen LogP contribution in [-0.4, -0.2) is 24.7 Å². The van der Waals surface area contributed by atoms with Crippen LogP contribution in [-0.2, 0) is 6.42 Å². The Bertz CT molecular complexity index is 1140. The minimum atomic E-state index is 0.234. The van der Waals surface area contributed by atoms with Gasteiger partial charge in [0, 0.05) is 11.8 Å². The molecule has 4 aromatic rings. The van der Waals surface area contributed by atoms with E-state index in [1.54, 1.807) is 0 Å². The molecular weight excluding hydrogens is 364 g/mol. The second-order valence-electron chi connectivity index (χ2n) is 6.89. The first-order valence-electron chi connectivity index (χ1n) is 9.47. The molecule has 0 fully saturated rings. The van der Waals surface area contributed by atoms with Crippen LogP contribution in [0.15, 0.2) is 67.0 Å². The van der Waals surface area contributed by atoms with Gasteiger partial charge in [-0.1, -0.05) is 42.5 Å². The maximum atomic E-state index is 6.07. The van der Waals surface area contributed by atoms with Crippen molar-refractivity contribution in [1.29, 1.82) is 0 Å². The predicted octanol–water partition coefficient (Wildman–Crippen LogP) is 3.48. The largest absolute Gasteiger partial charge is 0.368 e. The molecule has 5 rings (SSSR count). The summed E-state index contributed by atoms with van der Waals surface area (Å²) in [5.74, 6) is 1.94. The molecule has 2 aromatic carbocycles. The van der Waals surface area contributed by atoms with Crippen molar-refractivity contribution in [2.24, 2.45) is 0 Å². The Balaban J connectivity index is 1.38. The van der Waals surface area contributed by atoms with Gasteiger partial charge in [0.1, 0.15) is 12.1 Å². The fraction of sp³-hybridized carbons (Fsp3) is 0.143. The Morgan fingerprint density at radius 2 is 1.83 bits per heavy atom. The first-order chi connectivity index (χ1) is 14.3. The molecule has 1 aliphatic carbocycles. The van der Waals surface area contributed by atoms with Crippen molar-refractivity contribution in [2.75, 3.05) is 16.4 Å². The van der Waals surface area contributed by atoms with Gasteiger partial charge in [0.25, 0.3) is 0 Å². The molecule has 8 nitrogen and oxygen atoms in total. The normalized spacial score (nSPS) is 15.1. The smallest absolute Gasteiger partial charge is 0.248 e. The van der Waals surface area contributed by atoms with Crippen molar-refractivity contribution >= 4 is 23.4 Å². The second kappa shape index (κ2) is 7.23. The van der Waals surface area contributed by atoms with E-state index in [-0.39, 0.29) is 12.0 Å². The van der Waals surface area contributed by atoms with Gasteiger partial charge in [-0.2, -0.15) is 9.67 Å². The van der Waals surface area contributed by atoms with Gasteiger partial charge in [0.2, 0.25) is 11.9 Å². The lowest BCUT2D eigenvalue weighted by molar-refractivity contribution is 0.754. The molecule has 4 N–H and O–H groups in total. The van der Waals surface area contributed by atoms with E-state index < -0.39 is 0 Å².